The predicted octanol–water partition coefficient (Wildman–Crippen LogP) is 1.34. The van der Waals surface area contributed by atoms with Gasteiger partial charge in [-0.2, -0.15) is 0 Å². The van der Waals surface area contributed by atoms with Crippen LogP contribution in [0.2, 0.25) is 0 Å². The minimum atomic E-state index is -0.211. The molecule has 0 radical (unpaired) electrons. The van der Waals surface area contributed by atoms with Crippen molar-refractivity contribution >= 4 is 12.6 Å². The molecule has 3 nitrogen and oxygen atoms in total. The van der Waals surface area contributed by atoms with Gasteiger partial charge in [0.15, 0.2) is 0 Å². The molecule has 10 heavy (non-hydrogen) atoms. The monoisotopic (exact) mass is 142 g/mol. The summed E-state index contributed by atoms with van der Waals surface area (Å²) in [5, 5.41) is 7.27. The van der Waals surface area contributed by atoms with Crippen LogP contribution in [-0.2, 0) is 4.74 Å². The molecule has 0 bridgehead atoms. The summed E-state index contributed by atoms with van der Waals surface area (Å²) in [6.07, 6.45) is -0.211. The smallest absolute Gasteiger partial charge is 0.149 e. The standard InChI is InChI=1S/C7H14N2O/c1-5(2)6(10-4)7(8)9-3/h5-6,8H,3H2,1-2,4H3. The first-order valence-corrected chi connectivity index (χ1v) is 3.21. The summed E-state index contributed by atoms with van der Waals surface area (Å²) in [5.74, 6) is 0.487. The third kappa shape index (κ3) is 2.27. The minimum Gasteiger partial charge on any atom is -0.373 e. The molecule has 58 valence electrons. The maximum absolute atomic E-state index is 7.27. The van der Waals surface area contributed by atoms with Crippen LogP contribution in [0.5, 0.6) is 0 Å². The fraction of sp³-hybridized carbons (Fsp3) is 0.714. The highest BCUT2D eigenvalue weighted by Gasteiger charge is 2.15. The Balaban J connectivity index is 4.06. The lowest BCUT2D eigenvalue weighted by Crippen LogP contribution is -2.26. The predicted molar refractivity (Wildman–Crippen MR) is 42.9 cm³/mol. The maximum Gasteiger partial charge on any atom is 0.149 e. The average Bonchev–Trinajstić information content (AvgIpc) is 1.88. The zero-order valence-corrected chi connectivity index (χ0v) is 6.72. The van der Waals surface area contributed by atoms with Gasteiger partial charge in [-0.15, -0.1) is 0 Å². The highest BCUT2D eigenvalue weighted by atomic mass is 16.5. The summed E-state index contributed by atoms with van der Waals surface area (Å²) < 4.78 is 5.01. The van der Waals surface area contributed by atoms with Crippen LogP contribution in [0.15, 0.2) is 4.99 Å². The van der Waals surface area contributed by atoms with Crippen LogP contribution in [0.3, 0.4) is 0 Å². The largest absolute Gasteiger partial charge is 0.373 e. The first-order valence-electron chi connectivity index (χ1n) is 3.21. The molecule has 0 saturated carbocycles. The van der Waals surface area contributed by atoms with Crippen molar-refractivity contribution in [2.75, 3.05) is 7.11 Å². The van der Waals surface area contributed by atoms with Crippen molar-refractivity contribution in [2.45, 2.75) is 20.0 Å². The van der Waals surface area contributed by atoms with E-state index in [1.54, 1.807) is 7.11 Å². The molecule has 0 rings (SSSR count). The summed E-state index contributed by atoms with van der Waals surface area (Å²) in [4.78, 5) is 3.49. The number of aliphatic imine (C=N–C) groups is 1. The zero-order valence-electron chi connectivity index (χ0n) is 6.72. The van der Waals surface area contributed by atoms with Crippen molar-refractivity contribution in [1.29, 1.82) is 5.41 Å². The Kier molecular flexibility index (Phi) is 3.88. The van der Waals surface area contributed by atoms with E-state index in [0.717, 1.165) is 0 Å². The molecule has 0 heterocycles. The van der Waals surface area contributed by atoms with E-state index in [-0.39, 0.29) is 17.9 Å². The van der Waals surface area contributed by atoms with Crippen molar-refractivity contribution in [1.82, 2.24) is 0 Å². The van der Waals surface area contributed by atoms with E-state index in [2.05, 4.69) is 11.7 Å². The van der Waals surface area contributed by atoms with Gasteiger partial charge in [0.25, 0.3) is 0 Å². The van der Waals surface area contributed by atoms with E-state index < -0.39 is 0 Å². The lowest BCUT2D eigenvalue weighted by atomic mass is 10.1. The van der Waals surface area contributed by atoms with Crippen molar-refractivity contribution < 1.29 is 4.74 Å². The Morgan fingerprint density at radius 2 is 2.10 bits per heavy atom. The normalized spacial score (nSPS) is 13.2. The van der Waals surface area contributed by atoms with Gasteiger partial charge in [0.1, 0.15) is 11.9 Å². The quantitative estimate of drug-likeness (QED) is 0.469. The lowest BCUT2D eigenvalue weighted by molar-refractivity contribution is 0.117. The first kappa shape index (κ1) is 9.30. The molecule has 0 aliphatic rings. The van der Waals surface area contributed by atoms with Gasteiger partial charge < -0.3 is 4.74 Å². The van der Waals surface area contributed by atoms with Crippen LogP contribution in [0.4, 0.5) is 0 Å². The second-order valence-corrected chi connectivity index (χ2v) is 2.44. The van der Waals surface area contributed by atoms with Gasteiger partial charge >= 0.3 is 0 Å². The van der Waals surface area contributed by atoms with Gasteiger partial charge in [0.05, 0.1) is 0 Å². The summed E-state index contributed by atoms with van der Waals surface area (Å²) in [6.45, 7) is 7.22. The molecule has 1 unspecified atom stereocenters. The van der Waals surface area contributed by atoms with Crippen LogP contribution >= 0.6 is 0 Å². The zero-order chi connectivity index (χ0) is 8.15. The number of ether oxygens (including phenoxy) is 1. The molecule has 0 aliphatic carbocycles. The molecule has 1 N–H and O–H groups in total. The number of amidine groups is 1. The van der Waals surface area contributed by atoms with Gasteiger partial charge in [-0.05, 0) is 12.6 Å². The molecule has 0 aromatic heterocycles. The van der Waals surface area contributed by atoms with Crippen LogP contribution in [0.25, 0.3) is 0 Å². The van der Waals surface area contributed by atoms with Gasteiger partial charge in [-0.25, -0.2) is 4.99 Å². The topological polar surface area (TPSA) is 45.4 Å². The number of rotatable bonds is 3. The van der Waals surface area contributed by atoms with E-state index in [4.69, 9.17) is 10.1 Å². The molecule has 0 aliphatic heterocycles. The SMILES string of the molecule is C=NC(=N)C(OC)C(C)C. The molecule has 0 fully saturated rings. The van der Waals surface area contributed by atoms with E-state index >= 15 is 0 Å². The van der Waals surface area contributed by atoms with Crippen LogP contribution in [-0.4, -0.2) is 25.8 Å². The molecule has 0 aromatic carbocycles. The van der Waals surface area contributed by atoms with E-state index in [9.17, 15) is 0 Å². The molecule has 3 heteroatoms. The summed E-state index contributed by atoms with van der Waals surface area (Å²) >= 11 is 0. The molecule has 0 spiro atoms. The van der Waals surface area contributed by atoms with Gasteiger partial charge in [-0.1, -0.05) is 13.8 Å². The van der Waals surface area contributed by atoms with Crippen molar-refractivity contribution in [3.05, 3.63) is 0 Å². The lowest BCUT2D eigenvalue weighted by Gasteiger charge is -2.16. The van der Waals surface area contributed by atoms with Gasteiger partial charge in [0, 0.05) is 7.11 Å². The summed E-state index contributed by atoms with van der Waals surface area (Å²) in [7, 11) is 1.57. The Morgan fingerprint density at radius 3 is 2.20 bits per heavy atom. The number of hydrogen-bond donors (Lipinski definition) is 1. The Morgan fingerprint density at radius 1 is 1.60 bits per heavy atom. The highest BCUT2D eigenvalue weighted by Crippen LogP contribution is 2.06. The van der Waals surface area contributed by atoms with Crippen LogP contribution in [0, 0.1) is 11.3 Å². The van der Waals surface area contributed by atoms with Crippen molar-refractivity contribution in [3.63, 3.8) is 0 Å². The first-order chi connectivity index (χ1) is 4.63. The second-order valence-electron chi connectivity index (χ2n) is 2.44. The number of nitrogens with zero attached hydrogens (tertiary/aromatic N) is 1. The van der Waals surface area contributed by atoms with Crippen molar-refractivity contribution in [2.24, 2.45) is 10.9 Å². The molecule has 0 saturated heterocycles. The number of nitrogens with one attached hydrogen (secondary N) is 1. The molecular weight excluding hydrogens is 128 g/mol. The molecule has 1 atom stereocenters. The Labute approximate surface area is 61.6 Å². The minimum absolute atomic E-state index is 0.206. The number of hydrogen-bond acceptors (Lipinski definition) is 2. The average molecular weight is 142 g/mol. The van der Waals surface area contributed by atoms with Gasteiger partial charge in [-0.3, -0.25) is 5.41 Å². The third-order valence-electron chi connectivity index (χ3n) is 1.30. The third-order valence-corrected chi connectivity index (χ3v) is 1.30. The fourth-order valence-corrected chi connectivity index (χ4v) is 0.790. The fourth-order valence-electron chi connectivity index (χ4n) is 0.790. The second kappa shape index (κ2) is 4.17. The molecule has 0 amide bonds. The van der Waals surface area contributed by atoms with Crippen molar-refractivity contribution in [3.8, 4) is 0 Å². The van der Waals surface area contributed by atoms with Gasteiger partial charge in [0.2, 0.25) is 0 Å². The summed E-state index contributed by atoms with van der Waals surface area (Å²) in [5.41, 5.74) is 0. The molecular formula is C7H14N2O. The highest BCUT2D eigenvalue weighted by molar-refractivity contribution is 5.87. The van der Waals surface area contributed by atoms with E-state index in [0.29, 0.717) is 0 Å². The molecule has 0 aromatic rings. The van der Waals surface area contributed by atoms with Crippen LogP contribution < -0.4 is 0 Å². The Bertz CT molecular complexity index is 132. The van der Waals surface area contributed by atoms with E-state index in [1.165, 1.54) is 0 Å². The summed E-state index contributed by atoms with van der Waals surface area (Å²) in [6, 6.07) is 0. The Hall–Kier alpha value is -0.700. The van der Waals surface area contributed by atoms with E-state index in [1.807, 2.05) is 13.8 Å². The number of methoxy groups -OCH3 is 1. The maximum atomic E-state index is 7.27. The van der Waals surface area contributed by atoms with Crippen LogP contribution in [0.1, 0.15) is 13.8 Å².